The number of alkyl halides is 2. The number of hydrogen-bond acceptors (Lipinski definition) is 4. The maximum atomic E-state index is 13.5. The molecule has 0 radical (unpaired) electrons. The van der Waals surface area contributed by atoms with Gasteiger partial charge in [-0.1, -0.05) is 18.2 Å². The standard InChI is InChI=1S/C20H28F2N4O2/c21-20(22)9-8-18(27)25(14-20)13-15(23)11-19(28)26-10-4-7-17(26)12-24-16-5-2-1-3-6-16/h1-3,5-6,15,17,24H,4,7-14,23H2/t15-,17-/m0/s1. The number of para-hydroxylation sites is 1. The Morgan fingerprint density at radius 2 is 2.07 bits per heavy atom. The van der Waals surface area contributed by atoms with Crippen molar-refractivity contribution in [2.45, 2.75) is 50.1 Å². The van der Waals surface area contributed by atoms with E-state index < -0.39 is 24.9 Å². The van der Waals surface area contributed by atoms with Gasteiger partial charge in [0.2, 0.25) is 11.8 Å². The predicted octanol–water partition coefficient (Wildman–Crippen LogP) is 2.06. The van der Waals surface area contributed by atoms with Gasteiger partial charge in [0, 0.05) is 56.7 Å². The first-order chi connectivity index (χ1) is 13.3. The fraction of sp³-hybridized carbons (Fsp3) is 0.600. The smallest absolute Gasteiger partial charge is 0.265 e. The maximum absolute atomic E-state index is 13.5. The van der Waals surface area contributed by atoms with E-state index in [0.717, 1.165) is 23.4 Å². The third kappa shape index (κ3) is 5.41. The summed E-state index contributed by atoms with van der Waals surface area (Å²) in [5.74, 6) is -3.28. The van der Waals surface area contributed by atoms with Gasteiger partial charge in [0.1, 0.15) is 0 Å². The lowest BCUT2D eigenvalue weighted by Crippen LogP contribution is -2.51. The fourth-order valence-corrected chi connectivity index (χ4v) is 3.92. The number of hydrogen-bond donors (Lipinski definition) is 2. The number of piperidine rings is 1. The van der Waals surface area contributed by atoms with Crippen LogP contribution in [0.1, 0.15) is 32.1 Å². The molecule has 2 saturated heterocycles. The van der Waals surface area contributed by atoms with Crippen molar-refractivity contribution in [3.05, 3.63) is 30.3 Å². The van der Waals surface area contributed by atoms with Crippen LogP contribution >= 0.6 is 0 Å². The molecule has 28 heavy (non-hydrogen) atoms. The summed E-state index contributed by atoms with van der Waals surface area (Å²) in [6, 6.07) is 9.23. The van der Waals surface area contributed by atoms with Crippen molar-refractivity contribution in [2.24, 2.45) is 5.73 Å². The molecule has 0 aliphatic carbocycles. The summed E-state index contributed by atoms with van der Waals surface area (Å²) in [6.45, 7) is 0.706. The number of halogens is 2. The third-order valence-corrected chi connectivity index (χ3v) is 5.38. The molecular formula is C20H28F2N4O2. The molecule has 3 N–H and O–H groups in total. The molecule has 0 bridgehead atoms. The fourth-order valence-electron chi connectivity index (χ4n) is 3.92. The second-order valence-corrected chi connectivity index (χ2v) is 7.72. The molecule has 0 spiro atoms. The van der Waals surface area contributed by atoms with Crippen LogP contribution in [-0.4, -0.2) is 65.8 Å². The van der Waals surface area contributed by atoms with E-state index in [2.05, 4.69) is 5.32 Å². The summed E-state index contributed by atoms with van der Waals surface area (Å²) < 4.78 is 27.1. The largest absolute Gasteiger partial charge is 0.383 e. The van der Waals surface area contributed by atoms with Crippen molar-refractivity contribution >= 4 is 17.5 Å². The number of nitrogens with one attached hydrogen (secondary N) is 1. The van der Waals surface area contributed by atoms with Crippen LogP contribution in [0.2, 0.25) is 0 Å². The monoisotopic (exact) mass is 394 g/mol. The minimum Gasteiger partial charge on any atom is -0.383 e. The molecule has 6 nitrogen and oxygen atoms in total. The van der Waals surface area contributed by atoms with Crippen LogP contribution in [0.25, 0.3) is 0 Å². The van der Waals surface area contributed by atoms with Crippen molar-refractivity contribution in [3.8, 4) is 0 Å². The van der Waals surface area contributed by atoms with Crippen LogP contribution in [0, 0.1) is 0 Å². The van der Waals surface area contributed by atoms with Gasteiger partial charge in [0.15, 0.2) is 0 Å². The van der Waals surface area contributed by atoms with Gasteiger partial charge in [0.25, 0.3) is 5.92 Å². The molecule has 0 unspecified atom stereocenters. The van der Waals surface area contributed by atoms with Crippen molar-refractivity contribution in [3.63, 3.8) is 0 Å². The first-order valence-electron chi connectivity index (χ1n) is 9.84. The third-order valence-electron chi connectivity index (χ3n) is 5.38. The Balaban J connectivity index is 1.49. The van der Waals surface area contributed by atoms with E-state index in [9.17, 15) is 18.4 Å². The molecule has 1 aromatic carbocycles. The Bertz CT molecular complexity index is 686. The zero-order chi connectivity index (χ0) is 20.1. The van der Waals surface area contributed by atoms with E-state index in [-0.39, 0.29) is 37.2 Å². The molecule has 0 saturated carbocycles. The molecular weight excluding hydrogens is 366 g/mol. The van der Waals surface area contributed by atoms with E-state index in [1.165, 1.54) is 0 Å². The number of benzene rings is 1. The molecule has 2 fully saturated rings. The van der Waals surface area contributed by atoms with Crippen LogP contribution in [0.5, 0.6) is 0 Å². The average molecular weight is 394 g/mol. The number of rotatable bonds is 7. The highest BCUT2D eigenvalue weighted by Gasteiger charge is 2.39. The van der Waals surface area contributed by atoms with Crippen LogP contribution in [0.3, 0.4) is 0 Å². The quantitative estimate of drug-likeness (QED) is 0.742. The lowest BCUT2D eigenvalue weighted by molar-refractivity contribution is -0.148. The Kier molecular flexibility index (Phi) is 6.49. The van der Waals surface area contributed by atoms with Crippen molar-refractivity contribution in [1.82, 2.24) is 9.80 Å². The van der Waals surface area contributed by atoms with Gasteiger partial charge in [-0.3, -0.25) is 9.59 Å². The summed E-state index contributed by atoms with van der Waals surface area (Å²) in [6.07, 6.45) is 1.31. The molecule has 2 aliphatic rings. The van der Waals surface area contributed by atoms with E-state index >= 15 is 0 Å². The summed E-state index contributed by atoms with van der Waals surface area (Å²) >= 11 is 0. The van der Waals surface area contributed by atoms with Crippen molar-refractivity contribution in [2.75, 3.05) is 31.5 Å². The second-order valence-electron chi connectivity index (χ2n) is 7.72. The Morgan fingerprint density at radius 1 is 1.32 bits per heavy atom. The predicted molar refractivity (Wildman–Crippen MR) is 103 cm³/mol. The minimum absolute atomic E-state index is 0.0130. The minimum atomic E-state index is -2.87. The van der Waals surface area contributed by atoms with Crippen LogP contribution < -0.4 is 11.1 Å². The molecule has 2 aliphatic heterocycles. The van der Waals surface area contributed by atoms with E-state index in [1.807, 2.05) is 35.2 Å². The zero-order valence-electron chi connectivity index (χ0n) is 15.9. The topological polar surface area (TPSA) is 78.7 Å². The number of nitrogens with two attached hydrogens (primary N) is 1. The number of carbonyl (C=O) groups is 2. The van der Waals surface area contributed by atoms with E-state index in [4.69, 9.17) is 5.73 Å². The zero-order valence-corrected chi connectivity index (χ0v) is 15.9. The Hall–Kier alpha value is -2.22. The summed E-state index contributed by atoms with van der Waals surface area (Å²) in [7, 11) is 0. The molecule has 2 heterocycles. The summed E-state index contributed by atoms with van der Waals surface area (Å²) in [4.78, 5) is 27.5. The Morgan fingerprint density at radius 3 is 2.82 bits per heavy atom. The number of amides is 2. The summed E-state index contributed by atoms with van der Waals surface area (Å²) in [5.41, 5.74) is 7.04. The average Bonchev–Trinajstić information content (AvgIpc) is 3.12. The molecule has 2 atom stereocenters. The number of nitrogens with zero attached hydrogens (tertiary/aromatic N) is 2. The molecule has 1 aromatic rings. The van der Waals surface area contributed by atoms with Gasteiger partial charge in [0.05, 0.1) is 6.54 Å². The Labute approximate surface area is 164 Å². The SMILES string of the molecule is N[C@@H](CC(=O)N1CCC[C@H]1CNc1ccccc1)CN1CC(F)(F)CCC1=O. The van der Waals surface area contributed by atoms with Gasteiger partial charge in [-0.25, -0.2) is 8.78 Å². The molecule has 8 heteroatoms. The van der Waals surface area contributed by atoms with Gasteiger partial charge >= 0.3 is 0 Å². The normalized spacial score (nSPS) is 23.0. The van der Waals surface area contributed by atoms with Crippen LogP contribution in [-0.2, 0) is 9.59 Å². The molecule has 154 valence electrons. The van der Waals surface area contributed by atoms with Crippen molar-refractivity contribution < 1.29 is 18.4 Å². The number of anilines is 1. The highest BCUT2D eigenvalue weighted by atomic mass is 19.3. The van der Waals surface area contributed by atoms with E-state index in [1.54, 1.807) is 0 Å². The van der Waals surface area contributed by atoms with Crippen LogP contribution in [0.4, 0.5) is 14.5 Å². The van der Waals surface area contributed by atoms with Gasteiger partial charge in [-0.2, -0.15) is 0 Å². The highest BCUT2D eigenvalue weighted by Crippen LogP contribution is 2.27. The van der Waals surface area contributed by atoms with Crippen LogP contribution in [0.15, 0.2) is 30.3 Å². The molecule has 0 aromatic heterocycles. The molecule has 3 rings (SSSR count). The maximum Gasteiger partial charge on any atom is 0.265 e. The lowest BCUT2D eigenvalue weighted by Gasteiger charge is -2.34. The summed E-state index contributed by atoms with van der Waals surface area (Å²) in [5, 5.41) is 3.34. The first-order valence-corrected chi connectivity index (χ1v) is 9.84. The van der Waals surface area contributed by atoms with Crippen molar-refractivity contribution in [1.29, 1.82) is 0 Å². The first kappa shape index (κ1) is 20.5. The van der Waals surface area contributed by atoms with E-state index in [0.29, 0.717) is 13.1 Å². The number of carbonyl (C=O) groups excluding carboxylic acids is 2. The van der Waals surface area contributed by atoms with Gasteiger partial charge in [-0.05, 0) is 25.0 Å². The van der Waals surface area contributed by atoms with Gasteiger partial charge < -0.3 is 20.9 Å². The lowest BCUT2D eigenvalue weighted by atomic mass is 10.0. The van der Waals surface area contributed by atoms with Gasteiger partial charge in [-0.15, -0.1) is 0 Å². The second kappa shape index (κ2) is 8.86. The molecule has 2 amide bonds. The number of likely N-dealkylation sites (tertiary alicyclic amines) is 2. The highest BCUT2D eigenvalue weighted by molar-refractivity contribution is 5.79.